The molecule has 0 unspecified atom stereocenters. The Kier molecular flexibility index (Phi) is 6.50. The lowest BCUT2D eigenvalue weighted by Crippen LogP contribution is -2.36. The van der Waals surface area contributed by atoms with E-state index in [1.54, 1.807) is 0 Å². The van der Waals surface area contributed by atoms with Gasteiger partial charge in [0.05, 0.1) is 24.6 Å². The van der Waals surface area contributed by atoms with Gasteiger partial charge in [0.2, 0.25) is 5.91 Å². The minimum atomic E-state index is 0.0549. The lowest BCUT2D eigenvalue weighted by molar-refractivity contribution is -0.116. The first-order valence-electron chi connectivity index (χ1n) is 7.73. The molecule has 2 N–H and O–H groups in total. The molecule has 1 fully saturated rings. The van der Waals surface area contributed by atoms with Crippen molar-refractivity contribution in [2.75, 3.05) is 49.6 Å². The third-order valence-corrected chi connectivity index (χ3v) is 3.49. The molecule has 21 heavy (non-hydrogen) atoms. The van der Waals surface area contributed by atoms with Crippen molar-refractivity contribution in [3.8, 4) is 0 Å². The number of amides is 1. The van der Waals surface area contributed by atoms with Crippen molar-refractivity contribution in [3.63, 3.8) is 0 Å². The van der Waals surface area contributed by atoms with E-state index in [1.165, 1.54) is 0 Å². The highest BCUT2D eigenvalue weighted by Crippen LogP contribution is 2.26. The van der Waals surface area contributed by atoms with Crippen LogP contribution in [0.3, 0.4) is 0 Å². The van der Waals surface area contributed by atoms with Crippen LogP contribution in [-0.2, 0) is 9.53 Å². The maximum atomic E-state index is 12.0. The van der Waals surface area contributed by atoms with Gasteiger partial charge in [0, 0.05) is 26.1 Å². The molecule has 1 heterocycles. The number of carbonyl (C=O) groups excluding carboxylic acids is 1. The van der Waals surface area contributed by atoms with Crippen LogP contribution in [0.5, 0.6) is 0 Å². The highest BCUT2D eigenvalue weighted by Gasteiger charge is 2.15. The molecule has 1 aromatic carbocycles. The van der Waals surface area contributed by atoms with Gasteiger partial charge in [-0.3, -0.25) is 4.79 Å². The Balaban J connectivity index is 1.91. The van der Waals surface area contributed by atoms with Crippen molar-refractivity contribution in [2.24, 2.45) is 0 Å². The second kappa shape index (κ2) is 8.64. The molecule has 5 heteroatoms. The van der Waals surface area contributed by atoms with Crippen LogP contribution in [0.1, 0.15) is 19.8 Å². The van der Waals surface area contributed by atoms with Gasteiger partial charge >= 0.3 is 0 Å². The molecule has 0 radical (unpaired) electrons. The van der Waals surface area contributed by atoms with Crippen molar-refractivity contribution in [1.82, 2.24) is 5.32 Å². The van der Waals surface area contributed by atoms with Gasteiger partial charge in [0.1, 0.15) is 0 Å². The number of nitrogens with one attached hydrogen (secondary N) is 2. The zero-order valence-corrected chi connectivity index (χ0v) is 12.7. The van der Waals surface area contributed by atoms with E-state index < -0.39 is 0 Å². The number of anilines is 2. The SMILES string of the molecule is CCCNCCC(=O)Nc1ccccc1N1CCOCC1. The number of hydrogen-bond donors (Lipinski definition) is 2. The number of benzene rings is 1. The molecule has 1 aliphatic heterocycles. The highest BCUT2D eigenvalue weighted by molar-refractivity contribution is 5.94. The van der Waals surface area contributed by atoms with Crippen LogP contribution >= 0.6 is 0 Å². The number of ether oxygens (including phenoxy) is 1. The molecule has 0 atom stereocenters. The monoisotopic (exact) mass is 291 g/mol. The fourth-order valence-electron chi connectivity index (χ4n) is 2.38. The van der Waals surface area contributed by atoms with E-state index in [2.05, 4.69) is 28.5 Å². The standard InChI is InChI=1S/C16H25N3O2/c1-2-8-17-9-7-16(20)18-14-5-3-4-6-15(14)19-10-12-21-13-11-19/h3-6,17H,2,7-13H2,1H3,(H,18,20). The van der Waals surface area contributed by atoms with Gasteiger partial charge in [0.15, 0.2) is 0 Å². The summed E-state index contributed by atoms with van der Waals surface area (Å²) in [6.45, 7) is 7.00. The van der Waals surface area contributed by atoms with Crippen LogP contribution in [0, 0.1) is 0 Å². The maximum absolute atomic E-state index is 12.0. The normalized spacial score (nSPS) is 15.0. The van der Waals surface area contributed by atoms with Crippen LogP contribution in [-0.4, -0.2) is 45.3 Å². The summed E-state index contributed by atoms with van der Waals surface area (Å²) in [6, 6.07) is 7.97. The van der Waals surface area contributed by atoms with Gasteiger partial charge < -0.3 is 20.3 Å². The molecule has 0 aliphatic carbocycles. The first-order chi connectivity index (χ1) is 10.3. The highest BCUT2D eigenvalue weighted by atomic mass is 16.5. The fourth-order valence-corrected chi connectivity index (χ4v) is 2.38. The van der Waals surface area contributed by atoms with Crippen LogP contribution in [0.25, 0.3) is 0 Å². The summed E-state index contributed by atoms with van der Waals surface area (Å²) < 4.78 is 5.38. The number of rotatable bonds is 7. The average molecular weight is 291 g/mol. The molecule has 0 spiro atoms. The second-order valence-corrected chi connectivity index (χ2v) is 5.16. The summed E-state index contributed by atoms with van der Waals surface area (Å²) >= 11 is 0. The molecule has 0 bridgehead atoms. The van der Waals surface area contributed by atoms with Crippen molar-refractivity contribution >= 4 is 17.3 Å². The Morgan fingerprint density at radius 3 is 2.76 bits per heavy atom. The van der Waals surface area contributed by atoms with Crippen molar-refractivity contribution in [2.45, 2.75) is 19.8 Å². The molecular weight excluding hydrogens is 266 g/mol. The summed E-state index contributed by atoms with van der Waals surface area (Å²) in [7, 11) is 0. The molecule has 0 saturated carbocycles. The third kappa shape index (κ3) is 5.02. The van der Waals surface area contributed by atoms with E-state index >= 15 is 0 Å². The molecular formula is C16H25N3O2. The first-order valence-corrected chi connectivity index (χ1v) is 7.73. The third-order valence-electron chi connectivity index (χ3n) is 3.49. The summed E-state index contributed by atoms with van der Waals surface area (Å²) in [4.78, 5) is 14.3. The Bertz CT molecular complexity index is 445. The van der Waals surface area contributed by atoms with E-state index in [0.29, 0.717) is 6.42 Å². The van der Waals surface area contributed by atoms with Crippen molar-refractivity contribution in [1.29, 1.82) is 0 Å². The number of nitrogens with zero attached hydrogens (tertiary/aromatic N) is 1. The Morgan fingerprint density at radius 2 is 2.00 bits per heavy atom. The number of para-hydroxylation sites is 2. The summed E-state index contributed by atoms with van der Waals surface area (Å²) in [6.07, 6.45) is 1.58. The van der Waals surface area contributed by atoms with Crippen molar-refractivity contribution < 1.29 is 9.53 Å². The van der Waals surface area contributed by atoms with Gasteiger partial charge in [-0.2, -0.15) is 0 Å². The first kappa shape index (κ1) is 15.8. The van der Waals surface area contributed by atoms with Crippen LogP contribution in [0.4, 0.5) is 11.4 Å². The Hall–Kier alpha value is -1.59. The lowest BCUT2D eigenvalue weighted by atomic mass is 10.2. The quantitative estimate of drug-likeness (QED) is 0.753. The molecule has 1 aromatic rings. The van der Waals surface area contributed by atoms with E-state index in [1.807, 2.05) is 18.2 Å². The van der Waals surface area contributed by atoms with Crippen LogP contribution < -0.4 is 15.5 Å². The summed E-state index contributed by atoms with van der Waals surface area (Å²) in [5.74, 6) is 0.0549. The van der Waals surface area contributed by atoms with E-state index in [0.717, 1.165) is 57.2 Å². The lowest BCUT2D eigenvalue weighted by Gasteiger charge is -2.30. The van der Waals surface area contributed by atoms with Gasteiger partial charge in [-0.05, 0) is 25.1 Å². The molecule has 5 nitrogen and oxygen atoms in total. The fraction of sp³-hybridized carbons (Fsp3) is 0.562. The summed E-state index contributed by atoms with van der Waals surface area (Å²) in [5.41, 5.74) is 1.97. The maximum Gasteiger partial charge on any atom is 0.225 e. The Morgan fingerprint density at radius 1 is 1.24 bits per heavy atom. The van der Waals surface area contributed by atoms with Crippen LogP contribution in [0.2, 0.25) is 0 Å². The van der Waals surface area contributed by atoms with Gasteiger partial charge in [0.25, 0.3) is 0 Å². The number of morpholine rings is 1. The second-order valence-electron chi connectivity index (χ2n) is 5.16. The van der Waals surface area contributed by atoms with Gasteiger partial charge in [-0.15, -0.1) is 0 Å². The predicted molar refractivity (Wildman–Crippen MR) is 85.9 cm³/mol. The van der Waals surface area contributed by atoms with Gasteiger partial charge in [-0.1, -0.05) is 19.1 Å². The minimum Gasteiger partial charge on any atom is -0.378 e. The molecule has 0 aromatic heterocycles. The largest absolute Gasteiger partial charge is 0.378 e. The minimum absolute atomic E-state index is 0.0549. The Labute approximate surface area is 126 Å². The van der Waals surface area contributed by atoms with Gasteiger partial charge in [-0.25, -0.2) is 0 Å². The number of carbonyl (C=O) groups is 1. The zero-order valence-electron chi connectivity index (χ0n) is 12.7. The predicted octanol–water partition coefficient (Wildman–Crippen LogP) is 1.85. The molecule has 1 saturated heterocycles. The van der Waals surface area contributed by atoms with Crippen LogP contribution in [0.15, 0.2) is 24.3 Å². The average Bonchev–Trinajstić information content (AvgIpc) is 2.53. The van der Waals surface area contributed by atoms with Crippen molar-refractivity contribution in [3.05, 3.63) is 24.3 Å². The van der Waals surface area contributed by atoms with E-state index in [-0.39, 0.29) is 5.91 Å². The molecule has 2 rings (SSSR count). The molecule has 1 amide bonds. The molecule has 1 aliphatic rings. The smallest absolute Gasteiger partial charge is 0.225 e. The summed E-state index contributed by atoms with van der Waals surface area (Å²) in [5, 5.41) is 6.27. The topological polar surface area (TPSA) is 53.6 Å². The van der Waals surface area contributed by atoms with E-state index in [9.17, 15) is 4.79 Å². The number of hydrogen-bond acceptors (Lipinski definition) is 4. The van der Waals surface area contributed by atoms with E-state index in [4.69, 9.17) is 4.74 Å². The zero-order chi connectivity index (χ0) is 14.9. The molecule has 116 valence electrons.